The van der Waals surface area contributed by atoms with E-state index in [4.69, 9.17) is 9.72 Å². The summed E-state index contributed by atoms with van der Waals surface area (Å²) in [5, 5.41) is 3.40. The highest BCUT2D eigenvalue weighted by Crippen LogP contribution is 2.41. The molecule has 17 heavy (non-hydrogen) atoms. The predicted molar refractivity (Wildman–Crippen MR) is 66.2 cm³/mol. The highest BCUT2D eigenvalue weighted by atomic mass is 16.5. The summed E-state index contributed by atoms with van der Waals surface area (Å²) in [5.41, 5.74) is 2.70. The van der Waals surface area contributed by atoms with Crippen LogP contribution in [0, 0.1) is 0 Å². The maximum absolute atomic E-state index is 5.31. The van der Waals surface area contributed by atoms with Crippen LogP contribution in [0.25, 0.3) is 0 Å². The topological polar surface area (TPSA) is 39.1 Å². The zero-order chi connectivity index (χ0) is 11.8. The van der Waals surface area contributed by atoms with Gasteiger partial charge in [0.15, 0.2) is 0 Å². The molecule has 4 heteroatoms. The van der Waals surface area contributed by atoms with Gasteiger partial charge in [-0.05, 0) is 19.8 Å². The molecule has 4 nitrogen and oxygen atoms in total. The van der Waals surface area contributed by atoms with Crippen LogP contribution in [0.5, 0.6) is 0 Å². The van der Waals surface area contributed by atoms with Gasteiger partial charge in [0.05, 0.1) is 18.3 Å². The summed E-state index contributed by atoms with van der Waals surface area (Å²) in [6.07, 6.45) is 3.72. The van der Waals surface area contributed by atoms with Crippen molar-refractivity contribution in [1.82, 2.24) is 14.9 Å². The second-order valence-corrected chi connectivity index (χ2v) is 5.24. The summed E-state index contributed by atoms with van der Waals surface area (Å²) in [6, 6.07) is 0.407. The maximum atomic E-state index is 5.31. The summed E-state index contributed by atoms with van der Waals surface area (Å²) >= 11 is 0. The molecule has 0 aromatic carbocycles. The lowest BCUT2D eigenvalue weighted by Gasteiger charge is -2.21. The van der Waals surface area contributed by atoms with E-state index in [-0.39, 0.29) is 0 Å². The SMILES string of the molecule is COCC(C)n1c(C2CC2)nc2c1CCNC2. The summed E-state index contributed by atoms with van der Waals surface area (Å²) in [7, 11) is 1.78. The highest BCUT2D eigenvalue weighted by molar-refractivity contribution is 5.24. The zero-order valence-corrected chi connectivity index (χ0v) is 10.7. The molecule has 3 rings (SSSR count). The summed E-state index contributed by atoms with van der Waals surface area (Å²) in [4.78, 5) is 4.86. The second-order valence-electron chi connectivity index (χ2n) is 5.24. The van der Waals surface area contributed by atoms with Crippen molar-refractivity contribution in [2.75, 3.05) is 20.3 Å². The van der Waals surface area contributed by atoms with Crippen molar-refractivity contribution in [3.8, 4) is 0 Å². The molecule has 0 radical (unpaired) electrons. The normalized spacial score (nSPS) is 21.3. The van der Waals surface area contributed by atoms with Crippen LogP contribution in [0.4, 0.5) is 0 Å². The third-order valence-corrected chi connectivity index (χ3v) is 3.74. The number of nitrogens with zero attached hydrogens (tertiary/aromatic N) is 2. The summed E-state index contributed by atoms with van der Waals surface area (Å²) in [5.74, 6) is 2.02. The molecule has 1 fully saturated rings. The van der Waals surface area contributed by atoms with Crippen molar-refractivity contribution in [3.63, 3.8) is 0 Å². The Morgan fingerprint density at radius 1 is 1.53 bits per heavy atom. The number of methoxy groups -OCH3 is 1. The molecule has 1 saturated carbocycles. The number of aromatic nitrogens is 2. The van der Waals surface area contributed by atoms with E-state index < -0.39 is 0 Å². The molecule has 1 unspecified atom stereocenters. The Morgan fingerprint density at radius 3 is 3.06 bits per heavy atom. The third-order valence-electron chi connectivity index (χ3n) is 3.74. The molecule has 1 aliphatic carbocycles. The van der Waals surface area contributed by atoms with Crippen molar-refractivity contribution in [3.05, 3.63) is 17.2 Å². The van der Waals surface area contributed by atoms with Crippen LogP contribution < -0.4 is 5.32 Å². The van der Waals surface area contributed by atoms with Crippen molar-refractivity contribution < 1.29 is 4.74 Å². The minimum atomic E-state index is 0.407. The van der Waals surface area contributed by atoms with Gasteiger partial charge in [0.2, 0.25) is 0 Å². The lowest BCUT2D eigenvalue weighted by Crippen LogP contribution is -2.26. The van der Waals surface area contributed by atoms with E-state index in [0.29, 0.717) is 12.0 Å². The fourth-order valence-corrected chi connectivity index (χ4v) is 2.79. The van der Waals surface area contributed by atoms with Crippen molar-refractivity contribution in [2.45, 2.75) is 44.7 Å². The highest BCUT2D eigenvalue weighted by Gasteiger charge is 2.33. The first-order chi connectivity index (χ1) is 8.31. The smallest absolute Gasteiger partial charge is 0.112 e. The first kappa shape index (κ1) is 11.2. The van der Waals surface area contributed by atoms with Crippen LogP contribution in [-0.4, -0.2) is 29.8 Å². The standard InChI is InChI=1S/C13H21N3O/c1-9(8-17-2)16-12-5-6-14-7-11(12)15-13(16)10-3-4-10/h9-10,14H,3-8H2,1-2H3. The van der Waals surface area contributed by atoms with Crippen LogP contribution >= 0.6 is 0 Å². The van der Waals surface area contributed by atoms with Gasteiger partial charge in [-0.15, -0.1) is 0 Å². The molecule has 1 aromatic heterocycles. The number of rotatable bonds is 4. The molecule has 1 atom stereocenters. The third kappa shape index (κ3) is 2.00. The van der Waals surface area contributed by atoms with Gasteiger partial charge in [-0.25, -0.2) is 4.98 Å². The molecule has 2 heterocycles. The van der Waals surface area contributed by atoms with E-state index in [0.717, 1.165) is 26.1 Å². The Labute approximate surface area is 102 Å². The van der Waals surface area contributed by atoms with E-state index in [1.165, 1.54) is 30.1 Å². The number of imidazole rings is 1. The molecular formula is C13H21N3O. The predicted octanol–water partition coefficient (Wildman–Crippen LogP) is 1.61. The van der Waals surface area contributed by atoms with Gasteiger partial charge in [-0.1, -0.05) is 0 Å². The van der Waals surface area contributed by atoms with Crippen LogP contribution in [0.1, 0.15) is 48.9 Å². The average molecular weight is 235 g/mol. The molecule has 94 valence electrons. The van der Waals surface area contributed by atoms with Gasteiger partial charge in [-0.2, -0.15) is 0 Å². The molecule has 0 bridgehead atoms. The van der Waals surface area contributed by atoms with E-state index in [1.807, 2.05) is 0 Å². The van der Waals surface area contributed by atoms with Gasteiger partial charge in [0.25, 0.3) is 0 Å². The lowest BCUT2D eigenvalue weighted by atomic mass is 10.1. The van der Waals surface area contributed by atoms with E-state index in [2.05, 4.69) is 16.8 Å². The van der Waals surface area contributed by atoms with E-state index in [1.54, 1.807) is 7.11 Å². The van der Waals surface area contributed by atoms with Crippen LogP contribution in [0.2, 0.25) is 0 Å². The minimum absolute atomic E-state index is 0.407. The number of hydrogen-bond acceptors (Lipinski definition) is 3. The first-order valence-electron chi connectivity index (χ1n) is 6.60. The summed E-state index contributed by atoms with van der Waals surface area (Å²) in [6.45, 7) is 5.01. The maximum Gasteiger partial charge on any atom is 0.112 e. The van der Waals surface area contributed by atoms with Gasteiger partial charge in [0.1, 0.15) is 5.82 Å². The Morgan fingerprint density at radius 2 is 2.35 bits per heavy atom. The van der Waals surface area contributed by atoms with E-state index in [9.17, 15) is 0 Å². The molecule has 0 amide bonds. The Bertz CT molecular complexity index is 409. The first-order valence-corrected chi connectivity index (χ1v) is 6.60. The Balaban J connectivity index is 1.99. The van der Waals surface area contributed by atoms with Gasteiger partial charge in [-0.3, -0.25) is 0 Å². The van der Waals surface area contributed by atoms with Crippen LogP contribution in [0.15, 0.2) is 0 Å². The molecule has 0 saturated heterocycles. The summed E-state index contributed by atoms with van der Waals surface area (Å²) < 4.78 is 7.77. The fourth-order valence-electron chi connectivity index (χ4n) is 2.79. The number of hydrogen-bond donors (Lipinski definition) is 1. The van der Waals surface area contributed by atoms with Crippen molar-refractivity contribution in [1.29, 1.82) is 0 Å². The molecule has 1 aliphatic heterocycles. The van der Waals surface area contributed by atoms with Gasteiger partial charge >= 0.3 is 0 Å². The fraction of sp³-hybridized carbons (Fsp3) is 0.769. The Kier molecular flexibility index (Phi) is 2.92. The average Bonchev–Trinajstić information content (AvgIpc) is 3.09. The van der Waals surface area contributed by atoms with E-state index >= 15 is 0 Å². The van der Waals surface area contributed by atoms with Crippen molar-refractivity contribution >= 4 is 0 Å². The van der Waals surface area contributed by atoms with Gasteiger partial charge in [0, 0.05) is 38.2 Å². The molecular weight excluding hydrogens is 214 g/mol. The quantitative estimate of drug-likeness (QED) is 0.862. The Hall–Kier alpha value is -0.870. The molecule has 0 spiro atoms. The minimum Gasteiger partial charge on any atom is -0.383 e. The second kappa shape index (κ2) is 4.42. The molecule has 1 aromatic rings. The lowest BCUT2D eigenvalue weighted by molar-refractivity contribution is 0.159. The number of fused-ring (bicyclic) bond motifs is 1. The number of ether oxygens (including phenoxy) is 1. The number of nitrogens with one attached hydrogen (secondary N) is 1. The molecule has 1 N–H and O–H groups in total. The monoisotopic (exact) mass is 235 g/mol. The van der Waals surface area contributed by atoms with Crippen LogP contribution in [0.3, 0.4) is 0 Å². The van der Waals surface area contributed by atoms with Gasteiger partial charge < -0.3 is 14.6 Å². The largest absolute Gasteiger partial charge is 0.383 e. The van der Waals surface area contributed by atoms with Crippen LogP contribution in [-0.2, 0) is 17.7 Å². The zero-order valence-electron chi connectivity index (χ0n) is 10.7. The molecule has 2 aliphatic rings. The van der Waals surface area contributed by atoms with Crippen molar-refractivity contribution in [2.24, 2.45) is 0 Å².